The van der Waals surface area contributed by atoms with Crippen LogP contribution in [0.15, 0.2) is 48.5 Å². The van der Waals surface area contributed by atoms with E-state index in [-0.39, 0.29) is 32.0 Å². The highest BCUT2D eigenvalue weighted by Crippen LogP contribution is 2.44. The second-order valence-electron chi connectivity index (χ2n) is 8.50. The van der Waals surface area contributed by atoms with Crippen LogP contribution in [0.2, 0.25) is 0 Å². The molecule has 0 bridgehead atoms. The Morgan fingerprint density at radius 3 is 2.12 bits per heavy atom. The number of carbonyl (C=O) groups is 3. The predicted molar refractivity (Wildman–Crippen MR) is 128 cm³/mol. The van der Waals surface area contributed by atoms with E-state index < -0.39 is 29.6 Å². The topological polar surface area (TPSA) is 114 Å². The number of benzene rings is 2. The summed E-state index contributed by atoms with van der Waals surface area (Å²) in [6.07, 6.45) is -0.266. The van der Waals surface area contributed by atoms with E-state index in [1.54, 1.807) is 13.8 Å². The Kier molecular flexibility index (Phi) is 8.28. The molecule has 2 aromatic rings. The first-order valence-corrected chi connectivity index (χ1v) is 11.5. The Morgan fingerprint density at radius 2 is 1.62 bits per heavy atom. The highest BCUT2D eigenvalue weighted by Gasteiger charge is 2.40. The monoisotopic (exact) mass is 468 g/mol. The van der Waals surface area contributed by atoms with Crippen LogP contribution in [0, 0.1) is 0 Å². The van der Waals surface area contributed by atoms with Crippen molar-refractivity contribution in [3.05, 3.63) is 59.7 Å². The number of methoxy groups -OCH3 is 1. The van der Waals surface area contributed by atoms with Crippen molar-refractivity contribution in [1.82, 2.24) is 10.6 Å². The summed E-state index contributed by atoms with van der Waals surface area (Å²) >= 11 is 0. The van der Waals surface area contributed by atoms with E-state index in [0.717, 1.165) is 22.3 Å². The third kappa shape index (κ3) is 5.39. The number of nitrogens with one attached hydrogen (secondary N) is 2. The molecule has 1 aliphatic carbocycles. The Balaban J connectivity index is 1.72. The summed E-state index contributed by atoms with van der Waals surface area (Å²) in [5.74, 6) is -1.62. The molecule has 2 amide bonds. The Morgan fingerprint density at radius 1 is 1.03 bits per heavy atom. The first kappa shape index (κ1) is 25.2. The smallest absolute Gasteiger partial charge is 0.408 e. The Bertz CT molecular complexity index is 994. The lowest BCUT2D eigenvalue weighted by Gasteiger charge is -2.33. The van der Waals surface area contributed by atoms with Crippen molar-refractivity contribution < 1.29 is 29.0 Å². The summed E-state index contributed by atoms with van der Waals surface area (Å²) in [6.45, 7) is 3.57. The quantitative estimate of drug-likeness (QED) is 0.464. The second-order valence-corrected chi connectivity index (χ2v) is 8.50. The van der Waals surface area contributed by atoms with Crippen LogP contribution in [-0.4, -0.2) is 55.0 Å². The molecule has 182 valence electrons. The van der Waals surface area contributed by atoms with Crippen molar-refractivity contribution in [2.24, 2.45) is 0 Å². The molecule has 8 nitrogen and oxygen atoms in total. The van der Waals surface area contributed by atoms with Gasteiger partial charge < -0.3 is 25.2 Å². The number of ether oxygens (including phenoxy) is 2. The van der Waals surface area contributed by atoms with Gasteiger partial charge in [0.1, 0.15) is 12.1 Å². The average molecular weight is 469 g/mol. The predicted octanol–water partition coefficient (Wildman–Crippen LogP) is 3.69. The molecule has 3 N–H and O–H groups in total. The zero-order valence-corrected chi connectivity index (χ0v) is 19.8. The molecular formula is C26H32N2O6. The molecule has 34 heavy (non-hydrogen) atoms. The van der Waals surface area contributed by atoms with Crippen molar-refractivity contribution in [2.75, 3.05) is 20.3 Å². The normalized spacial score (nSPS) is 14.9. The molecule has 0 fully saturated rings. The van der Waals surface area contributed by atoms with Gasteiger partial charge in [-0.1, -0.05) is 62.4 Å². The summed E-state index contributed by atoms with van der Waals surface area (Å²) in [4.78, 5) is 37.0. The van der Waals surface area contributed by atoms with Gasteiger partial charge in [0.25, 0.3) is 0 Å². The largest absolute Gasteiger partial charge is 0.481 e. The summed E-state index contributed by atoms with van der Waals surface area (Å²) in [6, 6.07) is 15.5. The molecule has 2 atom stereocenters. The molecule has 0 spiro atoms. The third-order valence-corrected chi connectivity index (χ3v) is 6.36. The lowest BCUT2D eigenvalue weighted by atomic mass is 9.95. The maximum Gasteiger partial charge on any atom is 0.408 e. The zero-order chi connectivity index (χ0) is 24.7. The van der Waals surface area contributed by atoms with Crippen molar-refractivity contribution in [3.63, 3.8) is 0 Å². The first-order chi connectivity index (χ1) is 16.3. The standard InChI is InChI=1S/C26H32N2O6/c1-4-17(14-23(29)30)27-24(31)26(5-2,16-33-3)28-25(32)34-15-22-20-12-8-6-10-18(20)19-11-7-9-13-21(19)22/h6-13,17,22H,4-5,14-16H2,1-3H3,(H,27,31)(H,28,32)(H,29,30)/t17-,26?/m1/s1. The fourth-order valence-corrected chi connectivity index (χ4v) is 4.42. The fourth-order valence-electron chi connectivity index (χ4n) is 4.42. The van der Waals surface area contributed by atoms with Crippen LogP contribution >= 0.6 is 0 Å². The minimum atomic E-state index is -1.39. The number of carboxylic acid groups (broad SMARTS) is 1. The molecule has 3 rings (SSSR count). The molecule has 1 aliphatic rings. The highest BCUT2D eigenvalue weighted by atomic mass is 16.5. The number of aliphatic carboxylic acids is 1. The van der Waals surface area contributed by atoms with Crippen LogP contribution in [0.25, 0.3) is 11.1 Å². The van der Waals surface area contributed by atoms with Crippen LogP contribution in [0.5, 0.6) is 0 Å². The van der Waals surface area contributed by atoms with Gasteiger partial charge in [-0.05, 0) is 35.1 Å². The van der Waals surface area contributed by atoms with Gasteiger partial charge in [0.05, 0.1) is 13.0 Å². The minimum absolute atomic E-state index is 0.0803. The van der Waals surface area contributed by atoms with Gasteiger partial charge in [0.15, 0.2) is 0 Å². The summed E-state index contributed by atoms with van der Waals surface area (Å²) in [5.41, 5.74) is 3.04. The van der Waals surface area contributed by atoms with Gasteiger partial charge in [-0.25, -0.2) is 4.79 Å². The number of carboxylic acids is 1. The Hall–Kier alpha value is -3.39. The molecule has 0 heterocycles. The third-order valence-electron chi connectivity index (χ3n) is 6.36. The van der Waals surface area contributed by atoms with Gasteiger partial charge in [-0.2, -0.15) is 0 Å². The molecular weight excluding hydrogens is 436 g/mol. The fraction of sp³-hybridized carbons (Fsp3) is 0.423. The maximum atomic E-state index is 13.1. The average Bonchev–Trinajstić information content (AvgIpc) is 3.15. The molecule has 8 heteroatoms. The minimum Gasteiger partial charge on any atom is -0.481 e. The van der Waals surface area contributed by atoms with Gasteiger partial charge >= 0.3 is 12.1 Å². The van der Waals surface area contributed by atoms with E-state index in [1.165, 1.54) is 7.11 Å². The van der Waals surface area contributed by atoms with Crippen LogP contribution in [-0.2, 0) is 19.1 Å². The number of hydrogen-bond acceptors (Lipinski definition) is 5. The van der Waals surface area contributed by atoms with E-state index in [1.807, 2.05) is 36.4 Å². The molecule has 0 radical (unpaired) electrons. The number of alkyl carbamates (subject to hydrolysis) is 1. The van der Waals surface area contributed by atoms with Gasteiger partial charge in [-0.3, -0.25) is 9.59 Å². The van der Waals surface area contributed by atoms with E-state index in [0.29, 0.717) is 6.42 Å². The SMILES string of the molecule is CC[C@H](CC(=O)O)NC(=O)C(CC)(COC)NC(=O)OCC1c2ccccc2-c2ccccc21. The molecule has 0 aliphatic heterocycles. The molecule has 0 saturated heterocycles. The van der Waals surface area contributed by atoms with E-state index in [2.05, 4.69) is 22.8 Å². The van der Waals surface area contributed by atoms with E-state index in [9.17, 15) is 14.4 Å². The van der Waals surface area contributed by atoms with E-state index >= 15 is 0 Å². The van der Waals surface area contributed by atoms with Gasteiger partial charge in [0.2, 0.25) is 5.91 Å². The summed E-state index contributed by atoms with van der Waals surface area (Å²) in [5, 5.41) is 14.5. The highest BCUT2D eigenvalue weighted by molar-refractivity contribution is 5.90. The zero-order valence-electron chi connectivity index (χ0n) is 19.8. The molecule has 0 saturated carbocycles. The van der Waals surface area contributed by atoms with Crippen molar-refractivity contribution in [2.45, 2.75) is 50.6 Å². The molecule has 0 aromatic heterocycles. The lowest BCUT2D eigenvalue weighted by molar-refractivity contribution is -0.138. The Labute approximate surface area is 199 Å². The van der Waals surface area contributed by atoms with Crippen LogP contribution in [0.3, 0.4) is 0 Å². The van der Waals surface area contributed by atoms with Crippen molar-refractivity contribution >= 4 is 18.0 Å². The molecule has 1 unspecified atom stereocenters. The van der Waals surface area contributed by atoms with Crippen molar-refractivity contribution in [1.29, 1.82) is 0 Å². The van der Waals surface area contributed by atoms with Crippen molar-refractivity contribution in [3.8, 4) is 11.1 Å². The molecule has 2 aromatic carbocycles. The van der Waals surface area contributed by atoms with Crippen LogP contribution in [0.1, 0.15) is 50.2 Å². The van der Waals surface area contributed by atoms with Gasteiger partial charge in [0, 0.05) is 19.1 Å². The summed E-state index contributed by atoms with van der Waals surface area (Å²) < 4.78 is 10.8. The van der Waals surface area contributed by atoms with Gasteiger partial charge in [-0.15, -0.1) is 0 Å². The number of fused-ring (bicyclic) bond motifs is 3. The second kappa shape index (κ2) is 11.2. The number of amides is 2. The lowest BCUT2D eigenvalue weighted by Crippen LogP contribution is -2.62. The first-order valence-electron chi connectivity index (χ1n) is 11.5. The number of carbonyl (C=O) groups excluding carboxylic acids is 2. The van der Waals surface area contributed by atoms with E-state index in [4.69, 9.17) is 14.6 Å². The number of hydrogen-bond donors (Lipinski definition) is 3. The maximum absolute atomic E-state index is 13.1. The number of rotatable bonds is 11. The van der Waals surface area contributed by atoms with Crippen LogP contribution in [0.4, 0.5) is 4.79 Å². The van der Waals surface area contributed by atoms with Crippen LogP contribution < -0.4 is 10.6 Å². The summed E-state index contributed by atoms with van der Waals surface area (Å²) in [7, 11) is 1.44.